The highest BCUT2D eigenvalue weighted by Gasteiger charge is 2.12. The number of hydrogen-bond acceptors (Lipinski definition) is 5. The maximum atomic E-state index is 6.22. The fourth-order valence-corrected chi connectivity index (χ4v) is 3.59. The van der Waals surface area contributed by atoms with Gasteiger partial charge in [0.05, 0.1) is 7.11 Å². The maximum Gasteiger partial charge on any atom is 0.213 e. The van der Waals surface area contributed by atoms with Crippen molar-refractivity contribution < 1.29 is 14.2 Å². The molecule has 0 aliphatic carbocycles. The summed E-state index contributed by atoms with van der Waals surface area (Å²) < 4.78 is 17.9. The molecule has 0 spiro atoms. The molecule has 0 saturated heterocycles. The van der Waals surface area contributed by atoms with E-state index in [1.54, 1.807) is 25.4 Å². The van der Waals surface area contributed by atoms with Gasteiger partial charge in [-0.25, -0.2) is 4.98 Å². The van der Waals surface area contributed by atoms with Gasteiger partial charge in [0.25, 0.3) is 0 Å². The van der Waals surface area contributed by atoms with Gasteiger partial charge in [0, 0.05) is 45.4 Å². The van der Waals surface area contributed by atoms with E-state index in [1.165, 1.54) is 0 Å². The van der Waals surface area contributed by atoms with Crippen molar-refractivity contribution in [1.29, 1.82) is 0 Å². The molecule has 1 N–H and O–H groups in total. The number of rotatable bonds is 10. The molecule has 0 saturated carbocycles. The summed E-state index contributed by atoms with van der Waals surface area (Å²) in [6.07, 6.45) is 1.71. The number of pyridine rings is 1. The zero-order chi connectivity index (χ0) is 21.3. The normalized spacial score (nSPS) is 10.7. The molecule has 5 nitrogen and oxygen atoms in total. The number of nitrogens with zero attached hydrogens (tertiary/aromatic N) is 1. The number of benzene rings is 2. The summed E-state index contributed by atoms with van der Waals surface area (Å²) in [6.45, 7) is 2.15. The molecule has 1 aromatic heterocycles. The van der Waals surface area contributed by atoms with Gasteiger partial charge in [-0.1, -0.05) is 51.3 Å². The van der Waals surface area contributed by atoms with Crippen LogP contribution in [0.3, 0.4) is 0 Å². The minimum atomic E-state index is 0.307. The number of ether oxygens (including phenoxy) is 3. The van der Waals surface area contributed by atoms with Gasteiger partial charge in [-0.15, -0.1) is 0 Å². The summed E-state index contributed by atoms with van der Waals surface area (Å²) in [7, 11) is 1.61. The van der Waals surface area contributed by atoms with Crippen LogP contribution in [-0.2, 0) is 13.2 Å². The number of aromatic nitrogens is 1. The Kier molecular flexibility index (Phi) is 8.63. The average molecular weight is 512 g/mol. The van der Waals surface area contributed by atoms with E-state index in [0.29, 0.717) is 53.7 Å². The standard InChI is InChI=1S/C22H21BrCl2N2O3/c1-28-20-10-16(13-26-8-9-29-22-4-2-3-7-27-22)18(23)12-21(20)30-14-15-5-6-17(24)11-19(15)25/h2-7,10-12,26H,8-9,13-14H2,1H3. The topological polar surface area (TPSA) is 52.6 Å². The van der Waals surface area contributed by atoms with Crippen LogP contribution in [0.4, 0.5) is 0 Å². The second-order valence-corrected chi connectivity index (χ2v) is 8.01. The lowest BCUT2D eigenvalue weighted by atomic mass is 10.2. The van der Waals surface area contributed by atoms with Crippen molar-refractivity contribution in [3.63, 3.8) is 0 Å². The van der Waals surface area contributed by atoms with Gasteiger partial charge in [0.15, 0.2) is 11.5 Å². The van der Waals surface area contributed by atoms with E-state index in [0.717, 1.165) is 15.6 Å². The molecule has 0 unspecified atom stereocenters. The first-order valence-electron chi connectivity index (χ1n) is 9.24. The molecule has 3 rings (SSSR count). The Morgan fingerprint density at radius 1 is 1.00 bits per heavy atom. The van der Waals surface area contributed by atoms with E-state index in [9.17, 15) is 0 Å². The monoisotopic (exact) mass is 510 g/mol. The minimum absolute atomic E-state index is 0.307. The highest BCUT2D eigenvalue weighted by molar-refractivity contribution is 9.10. The van der Waals surface area contributed by atoms with Crippen molar-refractivity contribution in [3.05, 3.63) is 80.4 Å². The molecule has 2 aromatic carbocycles. The third-order valence-corrected chi connectivity index (χ3v) is 5.54. The smallest absolute Gasteiger partial charge is 0.213 e. The lowest BCUT2D eigenvalue weighted by Crippen LogP contribution is -2.21. The van der Waals surface area contributed by atoms with Crippen LogP contribution in [0.5, 0.6) is 17.4 Å². The zero-order valence-corrected chi connectivity index (χ0v) is 19.4. The SMILES string of the molecule is COc1cc(CNCCOc2ccccn2)c(Br)cc1OCc1ccc(Cl)cc1Cl. The third kappa shape index (κ3) is 6.51. The molecular weight excluding hydrogens is 491 g/mol. The predicted molar refractivity (Wildman–Crippen MR) is 123 cm³/mol. The largest absolute Gasteiger partial charge is 0.493 e. The highest BCUT2D eigenvalue weighted by atomic mass is 79.9. The predicted octanol–water partition coefficient (Wildman–Crippen LogP) is 5.91. The molecule has 0 atom stereocenters. The lowest BCUT2D eigenvalue weighted by Gasteiger charge is -2.15. The van der Waals surface area contributed by atoms with Crippen molar-refractivity contribution >= 4 is 39.1 Å². The second kappa shape index (κ2) is 11.4. The summed E-state index contributed by atoms with van der Waals surface area (Å²) in [5.74, 6) is 1.88. The van der Waals surface area contributed by atoms with E-state index in [-0.39, 0.29) is 0 Å². The Bertz CT molecular complexity index is 974. The van der Waals surface area contributed by atoms with Gasteiger partial charge >= 0.3 is 0 Å². The van der Waals surface area contributed by atoms with Crippen molar-refractivity contribution in [2.75, 3.05) is 20.3 Å². The van der Waals surface area contributed by atoms with Crippen LogP contribution in [0.2, 0.25) is 10.0 Å². The van der Waals surface area contributed by atoms with Crippen LogP contribution in [0.1, 0.15) is 11.1 Å². The van der Waals surface area contributed by atoms with Crippen LogP contribution in [-0.4, -0.2) is 25.2 Å². The first-order valence-corrected chi connectivity index (χ1v) is 10.8. The van der Waals surface area contributed by atoms with Gasteiger partial charge in [-0.2, -0.15) is 0 Å². The molecule has 0 radical (unpaired) electrons. The van der Waals surface area contributed by atoms with Gasteiger partial charge in [0.2, 0.25) is 5.88 Å². The molecule has 0 aliphatic heterocycles. The summed E-state index contributed by atoms with van der Waals surface area (Å²) in [4.78, 5) is 4.13. The molecule has 8 heteroatoms. The Balaban J connectivity index is 1.55. The minimum Gasteiger partial charge on any atom is -0.493 e. The Morgan fingerprint density at radius 2 is 1.87 bits per heavy atom. The number of methoxy groups -OCH3 is 1. The number of hydrogen-bond donors (Lipinski definition) is 1. The van der Waals surface area contributed by atoms with Crippen molar-refractivity contribution in [1.82, 2.24) is 10.3 Å². The van der Waals surface area contributed by atoms with Crippen LogP contribution >= 0.6 is 39.1 Å². The van der Waals surface area contributed by atoms with E-state index >= 15 is 0 Å². The van der Waals surface area contributed by atoms with E-state index in [2.05, 4.69) is 26.2 Å². The first kappa shape index (κ1) is 22.7. The average Bonchev–Trinajstić information content (AvgIpc) is 2.74. The summed E-state index contributed by atoms with van der Waals surface area (Å²) in [6, 6.07) is 14.7. The summed E-state index contributed by atoms with van der Waals surface area (Å²) in [5, 5.41) is 4.50. The molecule has 0 bridgehead atoms. The fourth-order valence-electron chi connectivity index (χ4n) is 2.66. The molecule has 158 valence electrons. The second-order valence-electron chi connectivity index (χ2n) is 6.31. The Labute approximate surface area is 194 Å². The Hall–Kier alpha value is -1.99. The van der Waals surface area contributed by atoms with Gasteiger partial charge in [-0.05, 0) is 35.9 Å². The highest BCUT2D eigenvalue weighted by Crippen LogP contribution is 2.34. The van der Waals surface area contributed by atoms with Crippen molar-refractivity contribution in [2.45, 2.75) is 13.2 Å². The van der Waals surface area contributed by atoms with Crippen LogP contribution in [0.25, 0.3) is 0 Å². The quantitative estimate of drug-likeness (QED) is 0.343. The fraction of sp³-hybridized carbons (Fsp3) is 0.227. The van der Waals surface area contributed by atoms with Crippen molar-refractivity contribution in [2.24, 2.45) is 0 Å². The molecule has 3 aromatic rings. The first-order chi connectivity index (χ1) is 14.6. The van der Waals surface area contributed by atoms with E-state index in [4.69, 9.17) is 37.4 Å². The number of halogens is 3. The van der Waals surface area contributed by atoms with Crippen molar-refractivity contribution in [3.8, 4) is 17.4 Å². The zero-order valence-electron chi connectivity index (χ0n) is 16.3. The van der Waals surface area contributed by atoms with E-state index < -0.39 is 0 Å². The molecule has 0 aliphatic rings. The summed E-state index contributed by atoms with van der Waals surface area (Å²) >= 11 is 15.8. The van der Waals surface area contributed by atoms with E-state index in [1.807, 2.05) is 36.4 Å². The maximum absolute atomic E-state index is 6.22. The lowest BCUT2D eigenvalue weighted by molar-refractivity contribution is 0.284. The molecule has 30 heavy (non-hydrogen) atoms. The molecular formula is C22H21BrCl2N2O3. The van der Waals surface area contributed by atoms with Gasteiger partial charge < -0.3 is 19.5 Å². The summed E-state index contributed by atoms with van der Waals surface area (Å²) in [5.41, 5.74) is 1.89. The Morgan fingerprint density at radius 3 is 2.60 bits per heavy atom. The van der Waals surface area contributed by atoms with Crippen LogP contribution < -0.4 is 19.5 Å². The molecule has 0 amide bonds. The van der Waals surface area contributed by atoms with Gasteiger partial charge in [0.1, 0.15) is 13.2 Å². The number of nitrogens with one attached hydrogen (secondary N) is 1. The third-order valence-electron chi connectivity index (χ3n) is 4.21. The van der Waals surface area contributed by atoms with Crippen LogP contribution in [0.15, 0.2) is 59.2 Å². The van der Waals surface area contributed by atoms with Crippen LogP contribution in [0, 0.1) is 0 Å². The van der Waals surface area contributed by atoms with Gasteiger partial charge in [-0.3, -0.25) is 0 Å². The molecule has 0 fully saturated rings. The molecule has 1 heterocycles.